The van der Waals surface area contributed by atoms with Crippen LogP contribution in [-0.4, -0.2) is 60.5 Å². The number of anilines is 1. The minimum Gasteiger partial charge on any atom is -0.497 e. The number of aromatic nitrogens is 2. The van der Waals surface area contributed by atoms with Gasteiger partial charge in [-0.1, -0.05) is 17.3 Å². The Kier molecular flexibility index (Phi) is 5.32. The van der Waals surface area contributed by atoms with Gasteiger partial charge in [-0.05, 0) is 26.0 Å². The molecule has 0 aliphatic carbocycles. The second-order valence-electron chi connectivity index (χ2n) is 6.05. The summed E-state index contributed by atoms with van der Waals surface area (Å²) < 4.78 is 16.0. The number of rotatable bonds is 6. The molecule has 1 aliphatic heterocycles. The summed E-state index contributed by atoms with van der Waals surface area (Å²) in [5.74, 6) is 1.31. The van der Waals surface area contributed by atoms with Gasteiger partial charge in [0, 0.05) is 30.7 Å². The maximum atomic E-state index is 5.48. The Morgan fingerprint density at radius 2 is 2.33 bits per heavy atom. The Hall–Kier alpha value is -2.12. The molecule has 0 amide bonds. The molecule has 24 heavy (non-hydrogen) atoms. The minimum atomic E-state index is 0.357. The molecule has 1 fully saturated rings. The van der Waals surface area contributed by atoms with E-state index in [4.69, 9.17) is 14.0 Å². The van der Waals surface area contributed by atoms with Crippen molar-refractivity contribution in [2.75, 3.05) is 38.7 Å². The van der Waals surface area contributed by atoms with Crippen LogP contribution in [0.4, 0.5) is 6.01 Å². The summed E-state index contributed by atoms with van der Waals surface area (Å²) in [5.41, 5.74) is 0.862. The van der Waals surface area contributed by atoms with Crippen LogP contribution in [0.25, 0.3) is 11.4 Å². The van der Waals surface area contributed by atoms with Gasteiger partial charge in [-0.15, -0.1) is 0 Å². The van der Waals surface area contributed by atoms with E-state index >= 15 is 0 Å². The molecule has 1 aromatic heterocycles. The van der Waals surface area contributed by atoms with Crippen LogP contribution in [0.5, 0.6) is 5.75 Å². The summed E-state index contributed by atoms with van der Waals surface area (Å²) in [7, 11) is 1.64. The monoisotopic (exact) mass is 332 g/mol. The fraction of sp³-hybridized carbons (Fsp3) is 0.529. The van der Waals surface area contributed by atoms with Gasteiger partial charge in [0.1, 0.15) is 5.75 Å². The smallest absolute Gasteiger partial charge is 0.321 e. The number of methoxy groups -OCH3 is 1. The lowest BCUT2D eigenvalue weighted by molar-refractivity contribution is -0.0160. The van der Waals surface area contributed by atoms with Crippen molar-refractivity contribution in [1.29, 1.82) is 0 Å². The van der Waals surface area contributed by atoms with E-state index in [0.29, 0.717) is 23.9 Å². The molecule has 0 saturated carbocycles. The predicted octanol–water partition coefficient (Wildman–Crippen LogP) is 2.27. The standard InChI is InChI=1S/C17H24N4O3/c1-12(21-7-8-23-11-13(21)2)10-18-17-19-16(20-24-17)14-5-4-6-15(9-14)22-3/h4-6,9,12-13H,7-8,10-11H2,1-3H3,(H,18,19,20). The molecular formula is C17H24N4O3. The summed E-state index contributed by atoms with van der Waals surface area (Å²) in [6, 6.07) is 8.80. The molecule has 7 nitrogen and oxygen atoms in total. The number of benzene rings is 1. The first-order chi connectivity index (χ1) is 11.7. The van der Waals surface area contributed by atoms with Crippen molar-refractivity contribution in [1.82, 2.24) is 15.0 Å². The largest absolute Gasteiger partial charge is 0.497 e. The lowest BCUT2D eigenvalue weighted by Crippen LogP contribution is -2.50. The van der Waals surface area contributed by atoms with Gasteiger partial charge in [0.15, 0.2) is 0 Å². The van der Waals surface area contributed by atoms with E-state index in [-0.39, 0.29) is 0 Å². The molecule has 3 rings (SSSR count). The molecule has 2 atom stereocenters. The second-order valence-corrected chi connectivity index (χ2v) is 6.05. The highest BCUT2D eigenvalue weighted by Crippen LogP contribution is 2.22. The van der Waals surface area contributed by atoms with E-state index in [2.05, 4.69) is 34.2 Å². The van der Waals surface area contributed by atoms with Crippen LogP contribution < -0.4 is 10.1 Å². The summed E-state index contributed by atoms with van der Waals surface area (Å²) >= 11 is 0. The van der Waals surface area contributed by atoms with Gasteiger partial charge in [-0.2, -0.15) is 4.98 Å². The van der Waals surface area contributed by atoms with Crippen molar-refractivity contribution >= 4 is 6.01 Å². The van der Waals surface area contributed by atoms with Gasteiger partial charge in [0.25, 0.3) is 0 Å². The van der Waals surface area contributed by atoms with Gasteiger partial charge in [-0.3, -0.25) is 4.90 Å². The first kappa shape index (κ1) is 16.7. The summed E-state index contributed by atoms with van der Waals surface area (Å²) in [4.78, 5) is 6.83. The number of nitrogens with one attached hydrogen (secondary N) is 1. The maximum absolute atomic E-state index is 5.48. The Bertz CT molecular complexity index is 661. The molecule has 1 saturated heterocycles. The molecule has 0 spiro atoms. The third-order valence-electron chi connectivity index (χ3n) is 4.29. The minimum absolute atomic E-state index is 0.357. The first-order valence-corrected chi connectivity index (χ1v) is 8.23. The van der Waals surface area contributed by atoms with Crippen molar-refractivity contribution < 1.29 is 14.0 Å². The SMILES string of the molecule is COc1cccc(-c2noc(NCC(C)N3CCOCC3C)n2)c1. The molecule has 2 heterocycles. The van der Waals surface area contributed by atoms with Crippen LogP contribution in [0.1, 0.15) is 13.8 Å². The molecule has 0 bridgehead atoms. The third-order valence-corrected chi connectivity index (χ3v) is 4.29. The van der Waals surface area contributed by atoms with Crippen LogP contribution in [0, 0.1) is 0 Å². The van der Waals surface area contributed by atoms with E-state index in [0.717, 1.165) is 37.6 Å². The number of nitrogens with zero attached hydrogens (tertiary/aromatic N) is 3. The lowest BCUT2D eigenvalue weighted by atomic mass is 10.2. The Morgan fingerprint density at radius 3 is 3.12 bits per heavy atom. The van der Waals surface area contributed by atoms with Crippen molar-refractivity contribution in [2.24, 2.45) is 0 Å². The predicted molar refractivity (Wildman–Crippen MR) is 91.2 cm³/mol. The van der Waals surface area contributed by atoms with E-state index in [1.54, 1.807) is 7.11 Å². The molecule has 130 valence electrons. The highest BCUT2D eigenvalue weighted by molar-refractivity contribution is 5.57. The summed E-state index contributed by atoms with van der Waals surface area (Å²) in [5, 5.41) is 7.26. The summed E-state index contributed by atoms with van der Waals surface area (Å²) in [6.07, 6.45) is 0. The van der Waals surface area contributed by atoms with Gasteiger partial charge < -0.3 is 19.3 Å². The molecule has 1 aliphatic rings. The highest BCUT2D eigenvalue weighted by Gasteiger charge is 2.23. The zero-order valence-corrected chi connectivity index (χ0v) is 14.4. The molecular weight excluding hydrogens is 308 g/mol. The van der Waals surface area contributed by atoms with Gasteiger partial charge in [0.05, 0.1) is 20.3 Å². The zero-order chi connectivity index (χ0) is 16.9. The van der Waals surface area contributed by atoms with Crippen LogP contribution in [0.15, 0.2) is 28.8 Å². The highest BCUT2D eigenvalue weighted by atomic mass is 16.5. The maximum Gasteiger partial charge on any atom is 0.321 e. The quantitative estimate of drug-likeness (QED) is 0.870. The molecule has 0 radical (unpaired) electrons. The van der Waals surface area contributed by atoms with Crippen molar-refractivity contribution in [3.63, 3.8) is 0 Å². The van der Waals surface area contributed by atoms with E-state index < -0.39 is 0 Å². The van der Waals surface area contributed by atoms with Crippen LogP contribution in [0.2, 0.25) is 0 Å². The lowest BCUT2D eigenvalue weighted by Gasteiger charge is -2.37. The Balaban J connectivity index is 1.59. The molecule has 2 unspecified atom stereocenters. The van der Waals surface area contributed by atoms with Crippen LogP contribution in [-0.2, 0) is 4.74 Å². The number of hydrogen-bond acceptors (Lipinski definition) is 7. The second kappa shape index (κ2) is 7.63. The van der Waals surface area contributed by atoms with E-state index in [9.17, 15) is 0 Å². The van der Waals surface area contributed by atoms with Gasteiger partial charge in [-0.25, -0.2) is 0 Å². The average molecular weight is 332 g/mol. The van der Waals surface area contributed by atoms with Crippen molar-refractivity contribution in [2.45, 2.75) is 25.9 Å². The fourth-order valence-corrected chi connectivity index (χ4v) is 2.92. The molecule has 7 heteroatoms. The van der Waals surface area contributed by atoms with Gasteiger partial charge >= 0.3 is 6.01 Å². The van der Waals surface area contributed by atoms with Crippen LogP contribution in [0.3, 0.4) is 0 Å². The molecule has 2 aromatic rings. The summed E-state index contributed by atoms with van der Waals surface area (Å²) in [6.45, 7) is 7.63. The van der Waals surface area contributed by atoms with Crippen LogP contribution >= 0.6 is 0 Å². The first-order valence-electron chi connectivity index (χ1n) is 8.23. The Labute approximate surface area is 141 Å². The molecule has 1 aromatic carbocycles. The fourth-order valence-electron chi connectivity index (χ4n) is 2.92. The Morgan fingerprint density at radius 1 is 1.46 bits per heavy atom. The van der Waals surface area contributed by atoms with Crippen molar-refractivity contribution in [3.8, 4) is 17.1 Å². The van der Waals surface area contributed by atoms with Gasteiger partial charge in [0.2, 0.25) is 5.82 Å². The number of morpholine rings is 1. The molecule has 1 N–H and O–H groups in total. The topological polar surface area (TPSA) is 72.7 Å². The van der Waals surface area contributed by atoms with E-state index in [1.807, 2.05) is 24.3 Å². The zero-order valence-electron chi connectivity index (χ0n) is 14.4. The van der Waals surface area contributed by atoms with Crippen molar-refractivity contribution in [3.05, 3.63) is 24.3 Å². The normalized spacial score (nSPS) is 19.9. The average Bonchev–Trinajstić information content (AvgIpc) is 3.09. The number of hydrogen-bond donors (Lipinski definition) is 1. The van der Waals surface area contributed by atoms with E-state index in [1.165, 1.54) is 0 Å². The number of ether oxygens (including phenoxy) is 2. The third kappa shape index (κ3) is 3.85.